The second kappa shape index (κ2) is 5.67. The van der Waals surface area contributed by atoms with Crippen molar-refractivity contribution >= 4 is 0 Å². The molecule has 0 spiro atoms. The van der Waals surface area contributed by atoms with E-state index in [9.17, 15) is 0 Å². The lowest BCUT2D eigenvalue weighted by Gasteiger charge is -2.18. The van der Waals surface area contributed by atoms with Crippen LogP contribution < -0.4 is 5.32 Å². The van der Waals surface area contributed by atoms with Crippen LogP contribution in [0.2, 0.25) is 0 Å². The van der Waals surface area contributed by atoms with Gasteiger partial charge in [0.15, 0.2) is 0 Å². The molecule has 1 rings (SSSR count). The van der Waals surface area contributed by atoms with E-state index in [1.165, 1.54) is 16.7 Å². The third-order valence-corrected chi connectivity index (χ3v) is 2.99. The van der Waals surface area contributed by atoms with Crippen LogP contribution in [0, 0.1) is 18.3 Å². The minimum Gasteiger partial charge on any atom is -0.312 e. The SMILES string of the molecule is CNC(CC#N)c1cc(C(C)C)ccc1C. The fourth-order valence-electron chi connectivity index (χ4n) is 1.85. The molecule has 0 bridgehead atoms. The van der Waals surface area contributed by atoms with Crippen molar-refractivity contribution < 1.29 is 0 Å². The Morgan fingerprint density at radius 1 is 1.38 bits per heavy atom. The van der Waals surface area contributed by atoms with E-state index in [0.29, 0.717) is 12.3 Å². The molecule has 16 heavy (non-hydrogen) atoms. The first-order valence-electron chi connectivity index (χ1n) is 5.74. The first kappa shape index (κ1) is 12.7. The van der Waals surface area contributed by atoms with Crippen molar-refractivity contribution in [1.82, 2.24) is 5.32 Å². The number of nitrogens with zero attached hydrogens (tertiary/aromatic N) is 1. The summed E-state index contributed by atoms with van der Waals surface area (Å²) in [4.78, 5) is 0. The smallest absolute Gasteiger partial charge is 0.0641 e. The van der Waals surface area contributed by atoms with Crippen molar-refractivity contribution in [2.75, 3.05) is 7.05 Å². The summed E-state index contributed by atoms with van der Waals surface area (Å²) in [6.07, 6.45) is 0.513. The summed E-state index contributed by atoms with van der Waals surface area (Å²) in [5.74, 6) is 0.527. The second-order valence-corrected chi connectivity index (χ2v) is 4.47. The highest BCUT2D eigenvalue weighted by molar-refractivity contribution is 5.35. The van der Waals surface area contributed by atoms with Crippen molar-refractivity contribution in [2.24, 2.45) is 0 Å². The lowest BCUT2D eigenvalue weighted by molar-refractivity contribution is 0.603. The Kier molecular flexibility index (Phi) is 4.52. The van der Waals surface area contributed by atoms with E-state index < -0.39 is 0 Å². The molecule has 0 saturated heterocycles. The summed E-state index contributed by atoms with van der Waals surface area (Å²) in [7, 11) is 1.91. The summed E-state index contributed by atoms with van der Waals surface area (Å²) in [6.45, 7) is 6.47. The Morgan fingerprint density at radius 3 is 2.56 bits per heavy atom. The molecule has 0 aliphatic heterocycles. The number of hydrogen-bond donors (Lipinski definition) is 1. The molecule has 0 aliphatic rings. The third kappa shape index (κ3) is 2.84. The highest BCUT2D eigenvalue weighted by atomic mass is 14.9. The zero-order chi connectivity index (χ0) is 12.1. The van der Waals surface area contributed by atoms with E-state index in [2.05, 4.69) is 50.4 Å². The van der Waals surface area contributed by atoms with E-state index in [1.807, 2.05) is 7.05 Å². The molecule has 1 N–H and O–H groups in total. The average Bonchev–Trinajstić information content (AvgIpc) is 2.26. The maximum absolute atomic E-state index is 8.81. The van der Waals surface area contributed by atoms with Crippen molar-refractivity contribution in [2.45, 2.75) is 39.2 Å². The highest BCUT2D eigenvalue weighted by Crippen LogP contribution is 2.24. The molecule has 0 heterocycles. The standard InChI is InChI=1S/C14H20N2/c1-10(2)12-6-5-11(3)13(9-12)14(16-4)7-8-15/h5-6,9-10,14,16H,7H2,1-4H3. The molecule has 0 aromatic heterocycles. The molecular weight excluding hydrogens is 196 g/mol. The Morgan fingerprint density at radius 2 is 2.06 bits per heavy atom. The first-order valence-corrected chi connectivity index (χ1v) is 5.74. The molecule has 86 valence electrons. The quantitative estimate of drug-likeness (QED) is 0.838. The van der Waals surface area contributed by atoms with Crippen molar-refractivity contribution in [3.8, 4) is 6.07 Å². The van der Waals surface area contributed by atoms with Gasteiger partial charge in [-0.3, -0.25) is 0 Å². The van der Waals surface area contributed by atoms with Crippen LogP contribution >= 0.6 is 0 Å². The van der Waals surface area contributed by atoms with E-state index >= 15 is 0 Å². The molecule has 0 fully saturated rings. The fourth-order valence-corrected chi connectivity index (χ4v) is 1.85. The highest BCUT2D eigenvalue weighted by Gasteiger charge is 2.12. The summed E-state index contributed by atoms with van der Waals surface area (Å²) in [5, 5.41) is 12.0. The third-order valence-electron chi connectivity index (χ3n) is 2.99. The summed E-state index contributed by atoms with van der Waals surface area (Å²) in [5.41, 5.74) is 3.83. The molecule has 1 unspecified atom stereocenters. The molecule has 0 saturated carbocycles. The number of nitrogens with one attached hydrogen (secondary N) is 1. The van der Waals surface area contributed by atoms with Crippen LogP contribution in [0.1, 0.15) is 48.9 Å². The molecule has 0 radical (unpaired) electrons. The van der Waals surface area contributed by atoms with Gasteiger partial charge in [0, 0.05) is 6.04 Å². The zero-order valence-electron chi connectivity index (χ0n) is 10.5. The number of aryl methyl sites for hydroxylation is 1. The molecule has 0 aliphatic carbocycles. The maximum atomic E-state index is 8.81. The molecular formula is C14H20N2. The Balaban J connectivity index is 3.10. The van der Waals surface area contributed by atoms with Gasteiger partial charge in [-0.15, -0.1) is 0 Å². The van der Waals surface area contributed by atoms with Gasteiger partial charge in [0.1, 0.15) is 0 Å². The number of hydrogen-bond acceptors (Lipinski definition) is 2. The Hall–Kier alpha value is -1.33. The zero-order valence-corrected chi connectivity index (χ0v) is 10.5. The average molecular weight is 216 g/mol. The van der Waals surface area contributed by atoms with E-state index in [0.717, 1.165) is 0 Å². The van der Waals surface area contributed by atoms with Gasteiger partial charge >= 0.3 is 0 Å². The van der Waals surface area contributed by atoms with Crippen molar-refractivity contribution in [1.29, 1.82) is 5.26 Å². The van der Waals surface area contributed by atoms with Crippen LogP contribution in [0.3, 0.4) is 0 Å². The molecule has 2 nitrogen and oxygen atoms in total. The van der Waals surface area contributed by atoms with Crippen molar-refractivity contribution in [3.63, 3.8) is 0 Å². The van der Waals surface area contributed by atoms with Gasteiger partial charge in [-0.05, 0) is 36.6 Å². The van der Waals surface area contributed by atoms with Crippen LogP contribution in [0.15, 0.2) is 18.2 Å². The van der Waals surface area contributed by atoms with Gasteiger partial charge in [0.05, 0.1) is 12.5 Å². The van der Waals surface area contributed by atoms with Crippen LogP contribution in [0.25, 0.3) is 0 Å². The fraction of sp³-hybridized carbons (Fsp3) is 0.500. The summed E-state index contributed by atoms with van der Waals surface area (Å²) < 4.78 is 0. The van der Waals surface area contributed by atoms with E-state index in [-0.39, 0.29) is 6.04 Å². The van der Waals surface area contributed by atoms with Gasteiger partial charge in [-0.25, -0.2) is 0 Å². The lowest BCUT2D eigenvalue weighted by Crippen LogP contribution is -2.17. The normalized spacial score (nSPS) is 12.5. The summed E-state index contributed by atoms with van der Waals surface area (Å²) >= 11 is 0. The lowest BCUT2D eigenvalue weighted by atomic mass is 9.93. The predicted octanol–water partition coefficient (Wildman–Crippen LogP) is 3.29. The van der Waals surface area contributed by atoms with E-state index in [1.54, 1.807) is 0 Å². The van der Waals surface area contributed by atoms with Gasteiger partial charge in [0.2, 0.25) is 0 Å². The summed E-state index contributed by atoms with van der Waals surface area (Å²) in [6, 6.07) is 8.91. The Bertz CT molecular complexity index is 388. The molecule has 1 atom stereocenters. The Labute approximate surface area is 98.3 Å². The van der Waals surface area contributed by atoms with Gasteiger partial charge in [-0.2, -0.15) is 5.26 Å². The molecule has 1 aromatic carbocycles. The largest absolute Gasteiger partial charge is 0.312 e. The minimum atomic E-state index is 0.142. The topological polar surface area (TPSA) is 35.8 Å². The van der Waals surface area contributed by atoms with Crippen molar-refractivity contribution in [3.05, 3.63) is 34.9 Å². The predicted molar refractivity (Wildman–Crippen MR) is 67.3 cm³/mol. The molecule has 1 aromatic rings. The second-order valence-electron chi connectivity index (χ2n) is 4.47. The van der Waals surface area contributed by atoms with Gasteiger partial charge < -0.3 is 5.32 Å². The minimum absolute atomic E-state index is 0.142. The maximum Gasteiger partial charge on any atom is 0.0641 e. The van der Waals surface area contributed by atoms with Gasteiger partial charge in [-0.1, -0.05) is 32.0 Å². The van der Waals surface area contributed by atoms with Gasteiger partial charge in [0.25, 0.3) is 0 Å². The number of nitriles is 1. The monoisotopic (exact) mass is 216 g/mol. The number of benzene rings is 1. The van der Waals surface area contributed by atoms with E-state index in [4.69, 9.17) is 5.26 Å². The van der Waals surface area contributed by atoms with Crippen LogP contribution in [-0.2, 0) is 0 Å². The molecule has 0 amide bonds. The molecule has 2 heteroatoms. The first-order chi connectivity index (χ1) is 7.60. The van der Waals surface area contributed by atoms with Crippen LogP contribution in [-0.4, -0.2) is 7.05 Å². The van der Waals surface area contributed by atoms with Crippen LogP contribution in [0.4, 0.5) is 0 Å². The number of rotatable bonds is 4. The van der Waals surface area contributed by atoms with Crippen LogP contribution in [0.5, 0.6) is 0 Å².